The third-order valence-corrected chi connectivity index (χ3v) is 3.26. The monoisotopic (exact) mass is 263 g/mol. The first-order valence-corrected chi connectivity index (χ1v) is 7.61. The molecule has 0 unspecified atom stereocenters. The summed E-state index contributed by atoms with van der Waals surface area (Å²) in [5.41, 5.74) is 0. The third kappa shape index (κ3) is 9.54. The number of nitrogens with zero attached hydrogens (tertiary/aromatic N) is 1. The lowest BCUT2D eigenvalue weighted by Crippen LogP contribution is -2.12. The first kappa shape index (κ1) is 16.0. The zero-order valence-electron chi connectivity index (χ0n) is 12.6. The van der Waals surface area contributed by atoms with Gasteiger partial charge in [0.2, 0.25) is 0 Å². The SMILES string of the molecule is CN(C)CCCCCCCCCOc1ccccc1. The quantitative estimate of drug-likeness (QED) is 0.550. The van der Waals surface area contributed by atoms with Crippen molar-refractivity contribution in [3.8, 4) is 5.75 Å². The Morgan fingerprint density at radius 2 is 1.37 bits per heavy atom. The van der Waals surface area contributed by atoms with Crippen LogP contribution >= 0.6 is 0 Å². The van der Waals surface area contributed by atoms with Gasteiger partial charge in [-0.05, 0) is 45.6 Å². The molecule has 2 nitrogen and oxygen atoms in total. The molecule has 0 atom stereocenters. The molecule has 0 aliphatic carbocycles. The minimum absolute atomic E-state index is 0.852. The Morgan fingerprint density at radius 1 is 0.789 bits per heavy atom. The molecule has 108 valence electrons. The Bertz CT molecular complexity index is 297. The van der Waals surface area contributed by atoms with Crippen molar-refractivity contribution in [1.82, 2.24) is 4.90 Å². The summed E-state index contributed by atoms with van der Waals surface area (Å²) in [5.74, 6) is 0.992. The molecule has 0 aromatic heterocycles. The van der Waals surface area contributed by atoms with E-state index in [9.17, 15) is 0 Å². The molecule has 0 fully saturated rings. The Balaban J connectivity index is 1.81. The van der Waals surface area contributed by atoms with Crippen LogP contribution in [0.4, 0.5) is 0 Å². The predicted molar refractivity (Wildman–Crippen MR) is 82.8 cm³/mol. The molecule has 0 bridgehead atoms. The van der Waals surface area contributed by atoms with Gasteiger partial charge in [0.15, 0.2) is 0 Å². The zero-order chi connectivity index (χ0) is 13.8. The molecule has 0 N–H and O–H groups in total. The Hall–Kier alpha value is -1.02. The highest BCUT2D eigenvalue weighted by Crippen LogP contribution is 2.11. The molecule has 1 aromatic rings. The normalized spacial score (nSPS) is 10.9. The standard InChI is InChI=1S/C17H29NO/c1-18(2)15-11-6-4-3-5-7-12-16-19-17-13-9-8-10-14-17/h8-10,13-14H,3-7,11-12,15-16H2,1-2H3. The summed E-state index contributed by atoms with van der Waals surface area (Å²) in [6, 6.07) is 10.1. The summed E-state index contributed by atoms with van der Waals surface area (Å²) in [7, 11) is 4.29. The topological polar surface area (TPSA) is 12.5 Å². The van der Waals surface area contributed by atoms with Gasteiger partial charge in [-0.25, -0.2) is 0 Å². The molecule has 19 heavy (non-hydrogen) atoms. The van der Waals surface area contributed by atoms with E-state index in [0.717, 1.165) is 12.4 Å². The molecular formula is C17H29NO. The maximum Gasteiger partial charge on any atom is 0.119 e. The molecule has 0 aliphatic rings. The van der Waals surface area contributed by atoms with Crippen LogP contribution in [0.2, 0.25) is 0 Å². The molecule has 0 heterocycles. The van der Waals surface area contributed by atoms with Crippen molar-refractivity contribution < 1.29 is 4.74 Å². The van der Waals surface area contributed by atoms with Crippen molar-refractivity contribution in [3.63, 3.8) is 0 Å². The number of unbranched alkanes of at least 4 members (excludes halogenated alkanes) is 6. The Morgan fingerprint density at radius 3 is 2.00 bits per heavy atom. The molecular weight excluding hydrogens is 234 g/mol. The van der Waals surface area contributed by atoms with Crippen LogP contribution in [-0.2, 0) is 0 Å². The van der Waals surface area contributed by atoms with Gasteiger partial charge < -0.3 is 9.64 Å². The second-order valence-electron chi connectivity index (χ2n) is 5.44. The highest BCUT2D eigenvalue weighted by atomic mass is 16.5. The van der Waals surface area contributed by atoms with Gasteiger partial charge in [-0.1, -0.05) is 50.3 Å². The second-order valence-corrected chi connectivity index (χ2v) is 5.44. The second kappa shape index (κ2) is 10.9. The molecule has 0 radical (unpaired) electrons. The van der Waals surface area contributed by atoms with Crippen LogP contribution in [0.3, 0.4) is 0 Å². The lowest BCUT2D eigenvalue weighted by atomic mass is 10.1. The number of benzene rings is 1. The maximum absolute atomic E-state index is 5.67. The smallest absolute Gasteiger partial charge is 0.119 e. The highest BCUT2D eigenvalue weighted by Gasteiger charge is 1.94. The van der Waals surface area contributed by atoms with Crippen molar-refractivity contribution in [2.75, 3.05) is 27.2 Å². The molecule has 0 saturated heterocycles. The lowest BCUT2D eigenvalue weighted by Gasteiger charge is -2.08. The number of hydrogen-bond acceptors (Lipinski definition) is 2. The first-order valence-electron chi connectivity index (χ1n) is 7.61. The van der Waals surface area contributed by atoms with Crippen LogP contribution < -0.4 is 4.74 Å². The van der Waals surface area contributed by atoms with Crippen molar-refractivity contribution in [2.24, 2.45) is 0 Å². The van der Waals surface area contributed by atoms with E-state index >= 15 is 0 Å². The molecule has 1 rings (SSSR count). The molecule has 0 spiro atoms. The summed E-state index contributed by atoms with van der Waals surface area (Å²) in [5, 5.41) is 0. The van der Waals surface area contributed by atoms with E-state index in [0.29, 0.717) is 0 Å². The van der Waals surface area contributed by atoms with Crippen LogP contribution in [0, 0.1) is 0 Å². The van der Waals surface area contributed by atoms with Crippen LogP contribution in [0.25, 0.3) is 0 Å². The van der Waals surface area contributed by atoms with Gasteiger partial charge in [0.05, 0.1) is 6.61 Å². The van der Waals surface area contributed by atoms with E-state index in [1.807, 2.05) is 30.3 Å². The first-order chi connectivity index (χ1) is 9.29. The molecule has 2 heteroatoms. The van der Waals surface area contributed by atoms with Crippen LogP contribution in [-0.4, -0.2) is 32.1 Å². The van der Waals surface area contributed by atoms with Gasteiger partial charge >= 0.3 is 0 Å². The van der Waals surface area contributed by atoms with E-state index in [-0.39, 0.29) is 0 Å². The Labute approximate surface area is 118 Å². The number of hydrogen-bond donors (Lipinski definition) is 0. The fourth-order valence-corrected chi connectivity index (χ4v) is 2.12. The molecule has 0 saturated carbocycles. The molecule has 0 amide bonds. The number of rotatable bonds is 11. The van der Waals surface area contributed by atoms with Crippen LogP contribution in [0.1, 0.15) is 44.9 Å². The summed E-state index contributed by atoms with van der Waals surface area (Å²) in [6.45, 7) is 2.08. The zero-order valence-corrected chi connectivity index (χ0v) is 12.6. The van der Waals surface area contributed by atoms with E-state index in [4.69, 9.17) is 4.74 Å². The van der Waals surface area contributed by atoms with Crippen LogP contribution in [0.5, 0.6) is 5.75 Å². The van der Waals surface area contributed by atoms with Gasteiger partial charge in [0, 0.05) is 0 Å². The fraction of sp³-hybridized carbons (Fsp3) is 0.647. The van der Waals surface area contributed by atoms with Crippen molar-refractivity contribution in [1.29, 1.82) is 0 Å². The van der Waals surface area contributed by atoms with Gasteiger partial charge in [-0.15, -0.1) is 0 Å². The van der Waals surface area contributed by atoms with Crippen molar-refractivity contribution in [2.45, 2.75) is 44.9 Å². The average molecular weight is 263 g/mol. The van der Waals surface area contributed by atoms with Crippen molar-refractivity contribution >= 4 is 0 Å². The van der Waals surface area contributed by atoms with Gasteiger partial charge in [-0.3, -0.25) is 0 Å². The lowest BCUT2D eigenvalue weighted by molar-refractivity contribution is 0.304. The van der Waals surface area contributed by atoms with Gasteiger partial charge in [0.1, 0.15) is 5.75 Å². The molecule has 1 aromatic carbocycles. The third-order valence-electron chi connectivity index (χ3n) is 3.26. The Kier molecular flexibility index (Phi) is 9.17. The average Bonchev–Trinajstić information content (AvgIpc) is 2.42. The number of para-hydroxylation sites is 1. The summed E-state index contributed by atoms with van der Waals surface area (Å²) >= 11 is 0. The minimum atomic E-state index is 0.852. The highest BCUT2D eigenvalue weighted by molar-refractivity contribution is 5.20. The van der Waals surface area contributed by atoms with Gasteiger partial charge in [-0.2, -0.15) is 0 Å². The van der Waals surface area contributed by atoms with Crippen LogP contribution in [0.15, 0.2) is 30.3 Å². The summed E-state index contributed by atoms with van der Waals surface area (Å²) in [4.78, 5) is 2.26. The largest absolute Gasteiger partial charge is 0.494 e. The minimum Gasteiger partial charge on any atom is -0.494 e. The van der Waals surface area contributed by atoms with E-state index in [2.05, 4.69) is 19.0 Å². The van der Waals surface area contributed by atoms with E-state index in [1.165, 1.54) is 51.5 Å². The van der Waals surface area contributed by atoms with E-state index < -0.39 is 0 Å². The summed E-state index contributed by atoms with van der Waals surface area (Å²) in [6.07, 6.45) is 9.28. The van der Waals surface area contributed by atoms with Gasteiger partial charge in [0.25, 0.3) is 0 Å². The fourth-order valence-electron chi connectivity index (χ4n) is 2.12. The predicted octanol–water partition coefficient (Wildman–Crippen LogP) is 4.36. The summed E-state index contributed by atoms with van der Waals surface area (Å²) < 4.78 is 5.67. The number of ether oxygens (including phenoxy) is 1. The molecule has 0 aliphatic heterocycles. The maximum atomic E-state index is 5.67. The van der Waals surface area contributed by atoms with Crippen molar-refractivity contribution in [3.05, 3.63) is 30.3 Å². The van der Waals surface area contributed by atoms with E-state index in [1.54, 1.807) is 0 Å².